The molecule has 1 unspecified atom stereocenters. The summed E-state index contributed by atoms with van der Waals surface area (Å²) in [7, 11) is 3.34. The summed E-state index contributed by atoms with van der Waals surface area (Å²) in [6.45, 7) is 1.86. The Labute approximate surface area is 154 Å². The fourth-order valence-electron chi connectivity index (χ4n) is 2.69. The van der Waals surface area contributed by atoms with E-state index in [4.69, 9.17) is 14.2 Å². The van der Waals surface area contributed by atoms with Crippen LogP contribution in [0.25, 0.3) is 0 Å². The second-order valence-corrected chi connectivity index (χ2v) is 6.26. The smallest absolute Gasteiger partial charge is 0.414 e. The molecule has 2 aromatic rings. The summed E-state index contributed by atoms with van der Waals surface area (Å²) in [6, 6.07) is 7.26. The van der Waals surface area contributed by atoms with Crippen molar-refractivity contribution in [3.05, 3.63) is 30.1 Å². The van der Waals surface area contributed by atoms with E-state index in [1.54, 1.807) is 30.9 Å². The fraction of sp³-hybridized carbons (Fsp3) is 0.529. The van der Waals surface area contributed by atoms with Crippen molar-refractivity contribution < 1.29 is 27.4 Å². The molecule has 1 aromatic carbocycles. The standard InChI is InChI=1S/C17H21F3N4O3/c1-11(17(18,19)20)27-12-8-24(9-12)16-22-21-15(23(16)2)10-26-14-7-5-4-6-13(14)25-3/h4-7,11-12H,8-10H2,1-3H3. The Morgan fingerprint density at radius 1 is 1.19 bits per heavy atom. The zero-order valence-electron chi connectivity index (χ0n) is 15.2. The summed E-state index contributed by atoms with van der Waals surface area (Å²) < 4.78 is 55.4. The number of aromatic nitrogens is 3. The molecule has 0 N–H and O–H groups in total. The van der Waals surface area contributed by atoms with E-state index in [0.717, 1.165) is 6.92 Å². The van der Waals surface area contributed by atoms with Gasteiger partial charge < -0.3 is 19.1 Å². The van der Waals surface area contributed by atoms with E-state index < -0.39 is 18.4 Å². The molecule has 1 atom stereocenters. The van der Waals surface area contributed by atoms with Gasteiger partial charge in [-0.3, -0.25) is 4.57 Å². The lowest BCUT2D eigenvalue weighted by Gasteiger charge is -2.40. The van der Waals surface area contributed by atoms with Crippen LogP contribution in [0.2, 0.25) is 0 Å². The van der Waals surface area contributed by atoms with Crippen molar-refractivity contribution in [2.24, 2.45) is 7.05 Å². The van der Waals surface area contributed by atoms with Crippen molar-refractivity contribution in [1.82, 2.24) is 14.8 Å². The quantitative estimate of drug-likeness (QED) is 0.729. The molecule has 27 heavy (non-hydrogen) atoms. The molecule has 1 aliphatic rings. The van der Waals surface area contributed by atoms with Gasteiger partial charge >= 0.3 is 6.18 Å². The minimum absolute atomic E-state index is 0.183. The maximum absolute atomic E-state index is 12.5. The van der Waals surface area contributed by atoms with Crippen LogP contribution >= 0.6 is 0 Å². The van der Waals surface area contributed by atoms with Gasteiger partial charge in [0.15, 0.2) is 23.4 Å². The second-order valence-electron chi connectivity index (χ2n) is 6.26. The molecule has 1 saturated heterocycles. The third kappa shape index (κ3) is 4.26. The maximum atomic E-state index is 12.5. The first-order valence-corrected chi connectivity index (χ1v) is 8.40. The molecule has 10 heteroatoms. The van der Waals surface area contributed by atoms with Gasteiger partial charge in [-0.1, -0.05) is 12.1 Å². The summed E-state index contributed by atoms with van der Waals surface area (Å²) in [5, 5.41) is 8.20. The molecule has 2 heterocycles. The van der Waals surface area contributed by atoms with E-state index in [1.165, 1.54) is 0 Å². The first-order valence-electron chi connectivity index (χ1n) is 8.40. The number of halogens is 3. The van der Waals surface area contributed by atoms with Crippen molar-refractivity contribution in [3.63, 3.8) is 0 Å². The van der Waals surface area contributed by atoms with Crippen molar-refractivity contribution in [2.45, 2.75) is 31.9 Å². The van der Waals surface area contributed by atoms with E-state index in [-0.39, 0.29) is 6.61 Å². The van der Waals surface area contributed by atoms with Crippen LogP contribution in [0.15, 0.2) is 24.3 Å². The fourth-order valence-corrected chi connectivity index (χ4v) is 2.69. The highest BCUT2D eigenvalue weighted by molar-refractivity contribution is 5.39. The van der Waals surface area contributed by atoms with Crippen molar-refractivity contribution in [1.29, 1.82) is 0 Å². The normalized spacial score (nSPS) is 16.1. The van der Waals surface area contributed by atoms with Crippen LogP contribution in [0.1, 0.15) is 12.7 Å². The van der Waals surface area contributed by atoms with Gasteiger partial charge in [0.2, 0.25) is 5.95 Å². The number of hydrogen-bond acceptors (Lipinski definition) is 6. The Bertz CT molecular complexity index is 775. The van der Waals surface area contributed by atoms with Crippen LogP contribution in [0.5, 0.6) is 11.5 Å². The Balaban J connectivity index is 1.56. The molecule has 0 radical (unpaired) electrons. The first-order chi connectivity index (χ1) is 12.8. The lowest BCUT2D eigenvalue weighted by atomic mass is 10.2. The van der Waals surface area contributed by atoms with Gasteiger partial charge in [-0.2, -0.15) is 13.2 Å². The number of anilines is 1. The van der Waals surface area contributed by atoms with Crippen LogP contribution in [0.4, 0.5) is 19.1 Å². The van der Waals surface area contributed by atoms with Gasteiger partial charge in [-0.25, -0.2) is 0 Å². The molecule has 0 bridgehead atoms. The summed E-state index contributed by atoms with van der Waals surface area (Å²) >= 11 is 0. The third-order valence-corrected chi connectivity index (χ3v) is 4.36. The van der Waals surface area contributed by atoms with Crippen molar-refractivity contribution in [3.8, 4) is 11.5 Å². The first kappa shape index (κ1) is 19.3. The van der Waals surface area contributed by atoms with Gasteiger partial charge in [0.1, 0.15) is 6.61 Å². The summed E-state index contributed by atoms with van der Waals surface area (Å²) in [6.07, 6.45) is -6.62. The molecule has 0 saturated carbocycles. The number of alkyl halides is 3. The van der Waals surface area contributed by atoms with Gasteiger partial charge in [0.05, 0.1) is 13.2 Å². The molecule has 3 rings (SSSR count). The van der Waals surface area contributed by atoms with Crippen LogP contribution in [0.3, 0.4) is 0 Å². The minimum Gasteiger partial charge on any atom is -0.493 e. The molecule has 148 valence electrons. The molecule has 7 nitrogen and oxygen atoms in total. The average molecular weight is 386 g/mol. The lowest BCUT2D eigenvalue weighted by molar-refractivity contribution is -0.228. The largest absolute Gasteiger partial charge is 0.493 e. The van der Waals surface area contributed by atoms with Crippen LogP contribution in [-0.4, -0.2) is 53.3 Å². The van der Waals surface area contributed by atoms with Gasteiger partial charge in [-0.15, -0.1) is 10.2 Å². The number of nitrogens with zero attached hydrogens (tertiary/aromatic N) is 4. The number of methoxy groups -OCH3 is 1. The third-order valence-electron chi connectivity index (χ3n) is 4.36. The number of ether oxygens (including phenoxy) is 3. The molecule has 1 fully saturated rings. The van der Waals surface area contributed by atoms with Gasteiger partial charge in [0, 0.05) is 20.1 Å². The molecule has 1 aliphatic heterocycles. The number of rotatable bonds is 7. The van der Waals surface area contributed by atoms with E-state index in [0.29, 0.717) is 36.4 Å². The molecular weight excluding hydrogens is 365 g/mol. The Morgan fingerprint density at radius 3 is 2.48 bits per heavy atom. The number of hydrogen-bond donors (Lipinski definition) is 0. The van der Waals surface area contributed by atoms with Crippen LogP contribution in [0, 0.1) is 0 Å². The van der Waals surface area contributed by atoms with Crippen molar-refractivity contribution in [2.75, 3.05) is 25.1 Å². The topological polar surface area (TPSA) is 61.6 Å². The summed E-state index contributed by atoms with van der Waals surface area (Å²) in [4.78, 5) is 1.81. The molecule has 0 amide bonds. The summed E-state index contributed by atoms with van der Waals surface area (Å²) in [5.41, 5.74) is 0. The lowest BCUT2D eigenvalue weighted by Crippen LogP contribution is -2.55. The SMILES string of the molecule is COc1ccccc1OCc1nnc(N2CC(OC(C)C(F)(F)F)C2)n1C. The zero-order chi connectivity index (χ0) is 19.6. The van der Waals surface area contributed by atoms with Gasteiger partial charge in [0.25, 0.3) is 0 Å². The van der Waals surface area contributed by atoms with Crippen molar-refractivity contribution >= 4 is 5.95 Å². The number of para-hydroxylation sites is 2. The summed E-state index contributed by atoms with van der Waals surface area (Å²) in [5.74, 6) is 2.35. The Morgan fingerprint density at radius 2 is 1.85 bits per heavy atom. The molecule has 1 aromatic heterocycles. The van der Waals surface area contributed by atoms with Crippen LogP contribution < -0.4 is 14.4 Å². The molecule has 0 spiro atoms. The monoisotopic (exact) mass is 386 g/mol. The average Bonchev–Trinajstić information content (AvgIpc) is 2.95. The van der Waals surface area contributed by atoms with E-state index in [9.17, 15) is 13.2 Å². The molecule has 0 aliphatic carbocycles. The minimum atomic E-state index is -4.35. The second kappa shape index (κ2) is 7.63. The Hall–Kier alpha value is -2.49. The zero-order valence-corrected chi connectivity index (χ0v) is 15.2. The van der Waals surface area contributed by atoms with E-state index >= 15 is 0 Å². The maximum Gasteiger partial charge on any atom is 0.414 e. The predicted octanol–water partition coefficient (Wildman–Crippen LogP) is 2.56. The van der Waals surface area contributed by atoms with E-state index in [1.807, 2.05) is 17.0 Å². The van der Waals surface area contributed by atoms with Crippen LogP contribution in [-0.2, 0) is 18.4 Å². The number of benzene rings is 1. The highest BCUT2D eigenvalue weighted by Gasteiger charge is 2.41. The van der Waals surface area contributed by atoms with Gasteiger partial charge in [-0.05, 0) is 19.1 Å². The predicted molar refractivity (Wildman–Crippen MR) is 90.9 cm³/mol. The van der Waals surface area contributed by atoms with E-state index in [2.05, 4.69) is 10.2 Å². The molecular formula is C17H21F3N4O3. The highest BCUT2D eigenvalue weighted by atomic mass is 19.4. The highest BCUT2D eigenvalue weighted by Crippen LogP contribution is 2.29. The Kier molecular flexibility index (Phi) is 5.45.